The average molecular weight is 316 g/mol. The number of aromatic nitrogens is 2. The first kappa shape index (κ1) is 15.5. The molecule has 7 nitrogen and oxygen atoms in total. The summed E-state index contributed by atoms with van der Waals surface area (Å²) >= 11 is 0. The molecule has 1 saturated heterocycles. The molecule has 2 N–H and O–H groups in total. The van der Waals surface area contributed by atoms with E-state index in [1.807, 2.05) is 6.92 Å². The smallest absolute Gasteiger partial charge is 0.255 e. The van der Waals surface area contributed by atoms with E-state index >= 15 is 0 Å². The van der Waals surface area contributed by atoms with Crippen molar-refractivity contribution < 1.29 is 13.9 Å². The summed E-state index contributed by atoms with van der Waals surface area (Å²) in [6.45, 7) is 3.10. The molecule has 0 bridgehead atoms. The predicted molar refractivity (Wildman–Crippen MR) is 84.2 cm³/mol. The Morgan fingerprint density at radius 1 is 1.39 bits per heavy atom. The van der Waals surface area contributed by atoms with Crippen LogP contribution in [0.5, 0.6) is 0 Å². The van der Waals surface area contributed by atoms with Crippen molar-refractivity contribution in [1.29, 1.82) is 0 Å². The molecule has 1 aliphatic heterocycles. The summed E-state index contributed by atoms with van der Waals surface area (Å²) in [4.78, 5) is 20.5. The molecule has 23 heavy (non-hydrogen) atoms. The maximum atomic E-state index is 12.5. The summed E-state index contributed by atoms with van der Waals surface area (Å²) in [7, 11) is 0. The molecule has 0 unspecified atom stereocenters. The summed E-state index contributed by atoms with van der Waals surface area (Å²) in [5.41, 5.74) is 0.597. The highest BCUT2D eigenvalue weighted by Gasteiger charge is 2.28. The van der Waals surface area contributed by atoms with Gasteiger partial charge in [-0.15, -0.1) is 0 Å². The second-order valence-corrected chi connectivity index (χ2v) is 5.40. The third-order valence-corrected chi connectivity index (χ3v) is 3.90. The summed E-state index contributed by atoms with van der Waals surface area (Å²) in [6, 6.07) is 3.42. The van der Waals surface area contributed by atoms with E-state index in [0.717, 1.165) is 6.42 Å². The number of amides is 1. The Morgan fingerprint density at radius 2 is 2.30 bits per heavy atom. The number of hydrogen-bond acceptors (Lipinski definition) is 6. The van der Waals surface area contributed by atoms with Gasteiger partial charge in [-0.2, -0.15) is 0 Å². The highest BCUT2D eigenvalue weighted by Crippen LogP contribution is 2.16. The van der Waals surface area contributed by atoms with Crippen molar-refractivity contribution in [2.75, 3.05) is 18.5 Å². The topological polar surface area (TPSA) is 89.3 Å². The Morgan fingerprint density at radius 3 is 3.09 bits per heavy atom. The lowest BCUT2D eigenvalue weighted by molar-refractivity contribution is 0.0619. The summed E-state index contributed by atoms with van der Waals surface area (Å²) in [5.74, 6) is 1.30. The van der Waals surface area contributed by atoms with Gasteiger partial charge in [0.25, 0.3) is 5.91 Å². The minimum absolute atomic E-state index is 0.0363. The third-order valence-electron chi connectivity index (χ3n) is 3.90. The van der Waals surface area contributed by atoms with Crippen LogP contribution in [-0.2, 0) is 11.2 Å². The fraction of sp³-hybridized carbons (Fsp3) is 0.438. The first-order valence-electron chi connectivity index (χ1n) is 7.75. The van der Waals surface area contributed by atoms with Gasteiger partial charge in [0.05, 0.1) is 30.5 Å². The van der Waals surface area contributed by atoms with Gasteiger partial charge in [0.1, 0.15) is 17.9 Å². The summed E-state index contributed by atoms with van der Waals surface area (Å²) in [6.07, 6.45) is 6.14. The van der Waals surface area contributed by atoms with Crippen molar-refractivity contribution in [1.82, 2.24) is 15.3 Å². The maximum Gasteiger partial charge on any atom is 0.255 e. The molecule has 0 radical (unpaired) electrons. The average Bonchev–Trinajstić information content (AvgIpc) is 3.06. The summed E-state index contributed by atoms with van der Waals surface area (Å²) < 4.78 is 10.9. The first-order valence-corrected chi connectivity index (χ1v) is 7.75. The van der Waals surface area contributed by atoms with Crippen LogP contribution in [0.3, 0.4) is 0 Å². The Kier molecular flexibility index (Phi) is 4.87. The van der Waals surface area contributed by atoms with E-state index in [9.17, 15) is 4.79 Å². The zero-order valence-electron chi connectivity index (χ0n) is 13.0. The molecule has 1 aliphatic rings. The number of rotatable bonds is 5. The SMILES string of the molecule is CCc1occc1C(=O)N[C@H]1CCOC[C@H]1Nc1ccncn1. The van der Waals surface area contributed by atoms with E-state index < -0.39 is 0 Å². The Bertz CT molecular complexity index is 644. The van der Waals surface area contributed by atoms with E-state index in [4.69, 9.17) is 9.15 Å². The van der Waals surface area contributed by atoms with Crippen molar-refractivity contribution >= 4 is 11.7 Å². The molecule has 2 aromatic rings. The molecule has 2 aromatic heterocycles. The summed E-state index contributed by atoms with van der Waals surface area (Å²) in [5, 5.41) is 6.38. The molecular weight excluding hydrogens is 296 g/mol. The second-order valence-electron chi connectivity index (χ2n) is 5.40. The lowest BCUT2D eigenvalue weighted by Crippen LogP contribution is -2.52. The highest BCUT2D eigenvalue weighted by molar-refractivity contribution is 5.95. The van der Waals surface area contributed by atoms with Crippen LogP contribution in [0.2, 0.25) is 0 Å². The highest BCUT2D eigenvalue weighted by atomic mass is 16.5. The van der Waals surface area contributed by atoms with Gasteiger partial charge >= 0.3 is 0 Å². The molecule has 0 aliphatic carbocycles. The van der Waals surface area contributed by atoms with Gasteiger partial charge in [0.15, 0.2) is 0 Å². The van der Waals surface area contributed by atoms with E-state index in [-0.39, 0.29) is 18.0 Å². The first-order chi connectivity index (χ1) is 11.3. The van der Waals surface area contributed by atoms with Crippen molar-refractivity contribution in [2.24, 2.45) is 0 Å². The number of anilines is 1. The zero-order chi connectivity index (χ0) is 16.1. The van der Waals surface area contributed by atoms with Crippen molar-refractivity contribution in [2.45, 2.75) is 31.8 Å². The van der Waals surface area contributed by atoms with Gasteiger partial charge in [0.2, 0.25) is 0 Å². The number of ether oxygens (including phenoxy) is 1. The number of furan rings is 1. The normalized spacial score (nSPS) is 20.9. The molecular formula is C16H20N4O3. The second kappa shape index (κ2) is 7.23. The molecule has 1 amide bonds. The van der Waals surface area contributed by atoms with Crippen molar-refractivity contribution in [3.05, 3.63) is 42.2 Å². The number of nitrogens with one attached hydrogen (secondary N) is 2. The molecule has 122 valence electrons. The van der Waals surface area contributed by atoms with Gasteiger partial charge < -0.3 is 19.8 Å². The van der Waals surface area contributed by atoms with Crippen molar-refractivity contribution in [3.63, 3.8) is 0 Å². The monoisotopic (exact) mass is 316 g/mol. The standard InChI is InChI=1S/C16H20N4O3/c1-2-14-11(4-8-23-14)16(21)20-12-5-7-22-9-13(12)19-15-3-6-17-10-18-15/h3-4,6,8,10,12-13H,2,5,7,9H2,1H3,(H,20,21)(H,17,18,19)/t12-,13+/m0/s1. The molecule has 2 atom stereocenters. The molecule has 0 spiro atoms. The molecule has 7 heteroatoms. The van der Waals surface area contributed by atoms with E-state index in [1.165, 1.54) is 6.33 Å². The van der Waals surface area contributed by atoms with Crippen LogP contribution in [0.4, 0.5) is 5.82 Å². The number of hydrogen-bond donors (Lipinski definition) is 2. The molecule has 1 fully saturated rings. The van der Waals surface area contributed by atoms with Gasteiger partial charge in [-0.1, -0.05) is 6.92 Å². The Labute approximate surface area is 134 Å². The van der Waals surface area contributed by atoms with Gasteiger partial charge in [-0.05, 0) is 18.6 Å². The van der Waals surface area contributed by atoms with Gasteiger partial charge in [0, 0.05) is 19.2 Å². The minimum atomic E-state index is -0.114. The van der Waals surface area contributed by atoms with E-state index in [1.54, 1.807) is 24.6 Å². The van der Waals surface area contributed by atoms with Crippen LogP contribution >= 0.6 is 0 Å². The fourth-order valence-electron chi connectivity index (χ4n) is 2.68. The molecule has 0 saturated carbocycles. The van der Waals surface area contributed by atoms with E-state index in [2.05, 4.69) is 20.6 Å². The number of aryl methyl sites for hydroxylation is 1. The van der Waals surface area contributed by atoms with Gasteiger partial charge in [-0.25, -0.2) is 9.97 Å². The zero-order valence-corrected chi connectivity index (χ0v) is 13.0. The van der Waals surface area contributed by atoms with Crippen LogP contribution in [0.15, 0.2) is 35.3 Å². The quantitative estimate of drug-likeness (QED) is 0.871. The largest absolute Gasteiger partial charge is 0.469 e. The number of carbonyl (C=O) groups is 1. The van der Waals surface area contributed by atoms with Crippen LogP contribution in [0.25, 0.3) is 0 Å². The van der Waals surface area contributed by atoms with Crippen molar-refractivity contribution in [3.8, 4) is 0 Å². The molecule has 3 rings (SSSR count). The fourth-order valence-corrected chi connectivity index (χ4v) is 2.68. The van der Waals surface area contributed by atoms with Gasteiger partial charge in [-0.3, -0.25) is 4.79 Å². The number of nitrogens with zero attached hydrogens (tertiary/aromatic N) is 2. The lowest BCUT2D eigenvalue weighted by atomic mass is 10.0. The van der Waals surface area contributed by atoms with Crippen LogP contribution in [-0.4, -0.2) is 41.2 Å². The lowest BCUT2D eigenvalue weighted by Gasteiger charge is -2.33. The van der Waals surface area contributed by atoms with Crippen LogP contribution in [0, 0.1) is 0 Å². The molecule has 3 heterocycles. The minimum Gasteiger partial charge on any atom is -0.469 e. The predicted octanol–water partition coefficient (Wildman–Crippen LogP) is 1.63. The maximum absolute atomic E-state index is 12.5. The number of carbonyl (C=O) groups excluding carboxylic acids is 1. The Balaban J connectivity index is 1.68. The third kappa shape index (κ3) is 3.68. The van der Waals surface area contributed by atoms with E-state index in [0.29, 0.717) is 36.8 Å². The van der Waals surface area contributed by atoms with Crippen LogP contribution in [0.1, 0.15) is 29.5 Å². The van der Waals surface area contributed by atoms with Crippen LogP contribution < -0.4 is 10.6 Å². The Hall–Kier alpha value is -2.41. The molecule has 0 aromatic carbocycles.